The van der Waals surface area contributed by atoms with Gasteiger partial charge in [0.15, 0.2) is 0 Å². The Morgan fingerprint density at radius 3 is 3.12 bits per heavy atom. The third kappa shape index (κ3) is 3.63. The lowest BCUT2D eigenvalue weighted by Crippen LogP contribution is -2.37. The molecule has 92 valence electrons. The molecule has 0 bridgehead atoms. The number of likely N-dealkylation sites (tertiary alicyclic amines) is 1. The topological polar surface area (TPSA) is 20.3 Å². The van der Waals surface area contributed by atoms with E-state index in [-0.39, 0.29) is 5.82 Å². The molecule has 1 aromatic carbocycles. The second kappa shape index (κ2) is 5.92. The molecule has 1 aliphatic rings. The Labute approximate surface area is 101 Å². The summed E-state index contributed by atoms with van der Waals surface area (Å²) < 4.78 is 13.1. The smallest absolute Gasteiger partial charge is 0.133 e. The monoisotopic (exact) mass is 235 g/mol. The Kier molecular flexibility index (Phi) is 4.26. The van der Waals surface area contributed by atoms with Gasteiger partial charge in [0.25, 0.3) is 0 Å². The lowest BCUT2D eigenvalue weighted by molar-refractivity contribution is -0.109. The minimum Gasteiger partial charge on any atom is -0.302 e. The molecule has 17 heavy (non-hydrogen) atoms. The summed E-state index contributed by atoms with van der Waals surface area (Å²) in [5, 5.41) is 0. The van der Waals surface area contributed by atoms with E-state index in [9.17, 15) is 9.18 Å². The number of halogens is 1. The summed E-state index contributed by atoms with van der Waals surface area (Å²) in [6.45, 7) is 2.49. The molecule has 0 N–H and O–H groups in total. The molecule has 1 heterocycles. The second-order valence-electron chi connectivity index (χ2n) is 4.77. The Balaban J connectivity index is 1.92. The van der Waals surface area contributed by atoms with Crippen LogP contribution in [-0.2, 0) is 11.2 Å². The van der Waals surface area contributed by atoms with Crippen LogP contribution in [0.25, 0.3) is 0 Å². The van der Waals surface area contributed by atoms with Crippen LogP contribution < -0.4 is 0 Å². The van der Waals surface area contributed by atoms with Gasteiger partial charge in [0, 0.05) is 6.54 Å². The summed E-state index contributed by atoms with van der Waals surface area (Å²) >= 11 is 0. The van der Waals surface area contributed by atoms with E-state index in [2.05, 4.69) is 4.90 Å². The third-order valence-electron chi connectivity index (χ3n) is 3.35. The van der Waals surface area contributed by atoms with Gasteiger partial charge in [-0.1, -0.05) is 12.1 Å². The largest absolute Gasteiger partial charge is 0.302 e. The highest BCUT2D eigenvalue weighted by Crippen LogP contribution is 2.20. The van der Waals surface area contributed by atoms with Crippen molar-refractivity contribution in [3.05, 3.63) is 35.6 Å². The number of carbonyl (C=O) groups excluding carboxylic acids is 1. The van der Waals surface area contributed by atoms with Crippen molar-refractivity contribution in [2.45, 2.75) is 19.3 Å². The van der Waals surface area contributed by atoms with Crippen molar-refractivity contribution in [3.63, 3.8) is 0 Å². The number of rotatable bonds is 4. The fraction of sp³-hybridized carbons (Fsp3) is 0.500. The lowest BCUT2D eigenvalue weighted by Gasteiger charge is -2.31. The highest BCUT2D eigenvalue weighted by atomic mass is 19.1. The van der Waals surface area contributed by atoms with E-state index in [4.69, 9.17) is 0 Å². The number of benzene rings is 1. The SMILES string of the molecule is O=CCN1CCCC(Cc2cccc(F)c2)C1. The number of aldehydes is 1. The van der Waals surface area contributed by atoms with Crippen LogP contribution in [0.5, 0.6) is 0 Å². The van der Waals surface area contributed by atoms with Crippen LogP contribution in [0.4, 0.5) is 4.39 Å². The Morgan fingerprint density at radius 2 is 2.35 bits per heavy atom. The van der Waals surface area contributed by atoms with Crippen LogP contribution in [0.15, 0.2) is 24.3 Å². The standard InChI is InChI=1S/C14H18FNO/c15-14-5-1-3-12(10-14)9-13-4-2-6-16(11-13)7-8-17/h1,3,5,8,10,13H,2,4,6-7,9,11H2. The molecule has 1 saturated heterocycles. The van der Waals surface area contributed by atoms with Crippen LogP contribution in [0.3, 0.4) is 0 Å². The molecular formula is C14H18FNO. The van der Waals surface area contributed by atoms with Gasteiger partial charge < -0.3 is 4.79 Å². The number of piperidine rings is 1. The maximum atomic E-state index is 13.1. The van der Waals surface area contributed by atoms with Gasteiger partial charge in [0.2, 0.25) is 0 Å². The molecule has 0 radical (unpaired) electrons. The third-order valence-corrected chi connectivity index (χ3v) is 3.35. The molecule has 1 aromatic rings. The first-order chi connectivity index (χ1) is 8.28. The minimum absolute atomic E-state index is 0.164. The van der Waals surface area contributed by atoms with E-state index in [0.717, 1.165) is 37.8 Å². The second-order valence-corrected chi connectivity index (χ2v) is 4.77. The van der Waals surface area contributed by atoms with Crippen molar-refractivity contribution in [1.29, 1.82) is 0 Å². The molecule has 2 nitrogen and oxygen atoms in total. The molecule has 0 spiro atoms. The van der Waals surface area contributed by atoms with E-state index in [1.165, 1.54) is 12.5 Å². The van der Waals surface area contributed by atoms with Crippen LogP contribution >= 0.6 is 0 Å². The number of hydrogen-bond donors (Lipinski definition) is 0. The zero-order chi connectivity index (χ0) is 12.1. The van der Waals surface area contributed by atoms with Crippen LogP contribution in [-0.4, -0.2) is 30.8 Å². The molecule has 0 aromatic heterocycles. The number of carbonyl (C=O) groups is 1. The lowest BCUT2D eigenvalue weighted by atomic mass is 9.91. The molecule has 1 atom stereocenters. The first-order valence-corrected chi connectivity index (χ1v) is 6.18. The molecule has 1 aliphatic heterocycles. The molecule has 3 heteroatoms. The first-order valence-electron chi connectivity index (χ1n) is 6.18. The average molecular weight is 235 g/mol. The summed E-state index contributed by atoms with van der Waals surface area (Å²) in [4.78, 5) is 12.7. The van der Waals surface area contributed by atoms with Gasteiger partial charge in [-0.05, 0) is 49.4 Å². The van der Waals surface area contributed by atoms with Gasteiger partial charge in [-0.25, -0.2) is 4.39 Å². The summed E-state index contributed by atoms with van der Waals surface area (Å²) in [5.74, 6) is 0.383. The van der Waals surface area contributed by atoms with Crippen molar-refractivity contribution in [3.8, 4) is 0 Å². The molecule has 1 fully saturated rings. The van der Waals surface area contributed by atoms with Gasteiger partial charge in [-0.15, -0.1) is 0 Å². The minimum atomic E-state index is -0.164. The summed E-state index contributed by atoms with van der Waals surface area (Å²) in [5.41, 5.74) is 1.06. The summed E-state index contributed by atoms with van der Waals surface area (Å²) in [6.07, 6.45) is 4.18. The summed E-state index contributed by atoms with van der Waals surface area (Å²) in [7, 11) is 0. The predicted molar refractivity (Wildman–Crippen MR) is 65.3 cm³/mol. The number of nitrogens with zero attached hydrogens (tertiary/aromatic N) is 1. The van der Waals surface area contributed by atoms with Gasteiger partial charge in [0.1, 0.15) is 12.1 Å². The first kappa shape index (κ1) is 12.2. The molecule has 0 amide bonds. The number of hydrogen-bond acceptors (Lipinski definition) is 2. The molecule has 0 saturated carbocycles. The molecule has 0 aliphatic carbocycles. The van der Waals surface area contributed by atoms with Crippen LogP contribution in [0.1, 0.15) is 18.4 Å². The average Bonchev–Trinajstić information content (AvgIpc) is 2.30. The predicted octanol–water partition coefficient (Wildman–Crippen LogP) is 2.28. The Hall–Kier alpha value is -1.22. The van der Waals surface area contributed by atoms with Gasteiger partial charge in [0.05, 0.1) is 6.54 Å². The Morgan fingerprint density at radius 1 is 1.47 bits per heavy atom. The van der Waals surface area contributed by atoms with E-state index in [0.29, 0.717) is 12.5 Å². The van der Waals surface area contributed by atoms with Crippen molar-refractivity contribution >= 4 is 6.29 Å². The van der Waals surface area contributed by atoms with Gasteiger partial charge in [-0.3, -0.25) is 4.90 Å². The van der Waals surface area contributed by atoms with Crippen LogP contribution in [0.2, 0.25) is 0 Å². The van der Waals surface area contributed by atoms with Crippen molar-refractivity contribution < 1.29 is 9.18 Å². The van der Waals surface area contributed by atoms with Crippen molar-refractivity contribution in [2.24, 2.45) is 5.92 Å². The van der Waals surface area contributed by atoms with Gasteiger partial charge >= 0.3 is 0 Å². The highest BCUT2D eigenvalue weighted by molar-refractivity contribution is 5.51. The maximum absolute atomic E-state index is 13.1. The highest BCUT2D eigenvalue weighted by Gasteiger charge is 2.19. The maximum Gasteiger partial charge on any atom is 0.133 e. The zero-order valence-corrected chi connectivity index (χ0v) is 9.94. The van der Waals surface area contributed by atoms with E-state index in [1.807, 2.05) is 6.07 Å². The van der Waals surface area contributed by atoms with E-state index < -0.39 is 0 Å². The molecule has 2 rings (SSSR count). The van der Waals surface area contributed by atoms with Crippen LogP contribution in [0, 0.1) is 11.7 Å². The fourth-order valence-electron chi connectivity index (χ4n) is 2.59. The van der Waals surface area contributed by atoms with E-state index in [1.54, 1.807) is 12.1 Å². The van der Waals surface area contributed by atoms with Crippen molar-refractivity contribution in [1.82, 2.24) is 4.90 Å². The fourth-order valence-corrected chi connectivity index (χ4v) is 2.59. The molecular weight excluding hydrogens is 217 g/mol. The Bertz CT molecular complexity index is 380. The van der Waals surface area contributed by atoms with Gasteiger partial charge in [-0.2, -0.15) is 0 Å². The molecule has 1 unspecified atom stereocenters. The summed E-state index contributed by atoms with van der Waals surface area (Å²) in [6, 6.07) is 6.82. The normalized spacial score (nSPS) is 21.4. The van der Waals surface area contributed by atoms with E-state index >= 15 is 0 Å². The zero-order valence-electron chi connectivity index (χ0n) is 9.94. The quantitative estimate of drug-likeness (QED) is 0.746. The van der Waals surface area contributed by atoms with Crippen molar-refractivity contribution in [2.75, 3.05) is 19.6 Å².